The maximum absolute atomic E-state index is 13.8. The first kappa shape index (κ1) is 29.9. The van der Waals surface area contributed by atoms with Gasteiger partial charge in [-0.2, -0.15) is 5.10 Å². The van der Waals surface area contributed by atoms with E-state index in [2.05, 4.69) is 29.3 Å². The number of para-hydroxylation sites is 1. The second kappa shape index (κ2) is 13.4. The van der Waals surface area contributed by atoms with Crippen molar-refractivity contribution in [3.8, 4) is 11.5 Å². The van der Waals surface area contributed by atoms with Gasteiger partial charge in [-0.1, -0.05) is 24.3 Å². The van der Waals surface area contributed by atoms with Crippen LogP contribution in [0.25, 0.3) is 0 Å². The number of nitro benzene ring substituents is 1. The molecule has 0 unspecified atom stereocenters. The van der Waals surface area contributed by atoms with Gasteiger partial charge in [0.2, 0.25) is 0 Å². The molecule has 0 bridgehead atoms. The van der Waals surface area contributed by atoms with Gasteiger partial charge in [-0.25, -0.2) is 13.8 Å². The average Bonchev–Trinajstić information content (AvgIpc) is 2.97. The van der Waals surface area contributed by atoms with Gasteiger partial charge in [0.15, 0.2) is 4.90 Å². The molecule has 3 aromatic rings. The predicted molar refractivity (Wildman–Crippen MR) is 153 cm³/mol. The largest absolute Gasteiger partial charge is 0.497 e. The molecule has 0 spiro atoms. The zero-order valence-electron chi connectivity index (χ0n) is 22.6. The number of methoxy groups -OCH3 is 2. The van der Waals surface area contributed by atoms with Crippen molar-refractivity contribution in [1.82, 2.24) is 5.43 Å². The fourth-order valence-corrected chi connectivity index (χ4v) is 5.53. The topological polar surface area (TPSA) is 144 Å². The van der Waals surface area contributed by atoms with E-state index in [1.54, 1.807) is 0 Å². The highest BCUT2D eigenvalue weighted by atomic mass is 32.2. The van der Waals surface area contributed by atoms with Gasteiger partial charge in [-0.3, -0.25) is 19.2 Å². The van der Waals surface area contributed by atoms with Crippen molar-refractivity contribution in [3.63, 3.8) is 0 Å². The number of hydrazone groups is 1. The SMILES string of the molecule is CCN(CC)c1ccc(/C=N\NC(=O)CN(c2ccc(OC)cc2OC)S(=O)(=O)c2ccccc2[N+](=O)[O-])cc1. The van der Waals surface area contributed by atoms with Gasteiger partial charge in [0.1, 0.15) is 18.0 Å². The Hall–Kier alpha value is -4.65. The van der Waals surface area contributed by atoms with E-state index in [-0.39, 0.29) is 11.4 Å². The maximum atomic E-state index is 13.8. The number of anilines is 2. The fraction of sp³-hybridized carbons (Fsp3) is 0.259. The molecular weight excluding hydrogens is 538 g/mol. The summed E-state index contributed by atoms with van der Waals surface area (Å²) >= 11 is 0. The first-order valence-corrected chi connectivity index (χ1v) is 13.7. The fourth-order valence-electron chi connectivity index (χ4n) is 3.94. The number of sulfonamides is 1. The van der Waals surface area contributed by atoms with Crippen LogP contribution in [0.4, 0.5) is 17.1 Å². The zero-order valence-corrected chi connectivity index (χ0v) is 23.4. The van der Waals surface area contributed by atoms with Gasteiger partial charge in [0.05, 0.1) is 31.0 Å². The molecule has 0 fully saturated rings. The Morgan fingerprint density at radius 3 is 2.30 bits per heavy atom. The van der Waals surface area contributed by atoms with Crippen LogP contribution in [-0.2, 0) is 14.8 Å². The van der Waals surface area contributed by atoms with Gasteiger partial charge in [-0.05, 0) is 49.7 Å². The van der Waals surface area contributed by atoms with E-state index in [0.717, 1.165) is 40.8 Å². The smallest absolute Gasteiger partial charge is 0.289 e. The number of rotatable bonds is 13. The monoisotopic (exact) mass is 569 g/mol. The molecule has 3 rings (SSSR count). The Labute approximate surface area is 233 Å². The van der Waals surface area contributed by atoms with Crippen LogP contribution in [0.1, 0.15) is 19.4 Å². The van der Waals surface area contributed by atoms with E-state index in [1.807, 2.05) is 24.3 Å². The number of nitrogens with one attached hydrogen (secondary N) is 1. The molecule has 0 saturated carbocycles. The van der Waals surface area contributed by atoms with Crippen molar-refractivity contribution in [1.29, 1.82) is 0 Å². The van der Waals surface area contributed by atoms with Crippen molar-refractivity contribution in [2.24, 2.45) is 5.10 Å². The van der Waals surface area contributed by atoms with Crippen molar-refractivity contribution in [2.45, 2.75) is 18.7 Å². The molecule has 0 aromatic heterocycles. The maximum Gasteiger partial charge on any atom is 0.289 e. The van der Waals surface area contributed by atoms with Crippen LogP contribution in [0.3, 0.4) is 0 Å². The van der Waals surface area contributed by atoms with E-state index in [4.69, 9.17) is 9.47 Å². The minimum Gasteiger partial charge on any atom is -0.497 e. The summed E-state index contributed by atoms with van der Waals surface area (Å²) in [6.07, 6.45) is 1.43. The third-order valence-corrected chi connectivity index (χ3v) is 7.80. The molecule has 1 N–H and O–H groups in total. The Morgan fingerprint density at radius 1 is 1.02 bits per heavy atom. The summed E-state index contributed by atoms with van der Waals surface area (Å²) in [5, 5.41) is 15.6. The second-order valence-electron chi connectivity index (χ2n) is 8.33. The molecule has 0 radical (unpaired) electrons. The normalized spacial score (nSPS) is 11.2. The third kappa shape index (κ3) is 6.86. The highest BCUT2D eigenvalue weighted by Crippen LogP contribution is 2.37. The summed E-state index contributed by atoms with van der Waals surface area (Å²) in [7, 11) is -1.87. The summed E-state index contributed by atoms with van der Waals surface area (Å²) in [5.74, 6) is -0.327. The summed E-state index contributed by atoms with van der Waals surface area (Å²) < 4.78 is 38.8. The van der Waals surface area contributed by atoms with Crippen LogP contribution in [0, 0.1) is 10.1 Å². The number of benzene rings is 3. The Bertz CT molecular complexity index is 1470. The molecule has 40 heavy (non-hydrogen) atoms. The molecule has 13 heteroatoms. The summed E-state index contributed by atoms with van der Waals surface area (Å²) in [4.78, 5) is 25.3. The zero-order chi connectivity index (χ0) is 29.3. The first-order chi connectivity index (χ1) is 19.2. The lowest BCUT2D eigenvalue weighted by atomic mass is 10.2. The molecule has 12 nitrogen and oxygen atoms in total. The Morgan fingerprint density at radius 2 is 1.70 bits per heavy atom. The predicted octanol–water partition coefficient (Wildman–Crippen LogP) is 3.80. The lowest BCUT2D eigenvalue weighted by molar-refractivity contribution is -0.387. The van der Waals surface area contributed by atoms with Gasteiger partial charge in [-0.15, -0.1) is 0 Å². The first-order valence-electron chi connectivity index (χ1n) is 12.3. The number of carbonyl (C=O) groups is 1. The van der Waals surface area contributed by atoms with E-state index in [0.29, 0.717) is 5.75 Å². The molecule has 0 saturated heterocycles. The number of carbonyl (C=O) groups excluding carboxylic acids is 1. The van der Waals surface area contributed by atoms with Gasteiger partial charge < -0.3 is 14.4 Å². The van der Waals surface area contributed by atoms with Crippen LogP contribution in [0.2, 0.25) is 0 Å². The lowest BCUT2D eigenvalue weighted by Gasteiger charge is -2.25. The van der Waals surface area contributed by atoms with Crippen molar-refractivity contribution >= 4 is 39.2 Å². The van der Waals surface area contributed by atoms with Crippen LogP contribution < -0.4 is 24.1 Å². The quantitative estimate of drug-likeness (QED) is 0.186. The molecule has 0 atom stereocenters. The van der Waals surface area contributed by atoms with Crippen LogP contribution in [0.5, 0.6) is 11.5 Å². The minimum absolute atomic E-state index is 0.0208. The van der Waals surface area contributed by atoms with E-state index in [9.17, 15) is 23.3 Å². The molecular formula is C27H31N5O7S. The van der Waals surface area contributed by atoms with Crippen LogP contribution in [-0.4, -0.2) is 59.3 Å². The summed E-state index contributed by atoms with van der Waals surface area (Å²) in [5.41, 5.74) is 3.44. The third-order valence-electron chi connectivity index (χ3n) is 6.00. The van der Waals surface area contributed by atoms with Crippen molar-refractivity contribution < 1.29 is 27.6 Å². The average molecular weight is 570 g/mol. The van der Waals surface area contributed by atoms with Crippen LogP contribution in [0.15, 0.2) is 76.7 Å². The lowest BCUT2D eigenvalue weighted by Crippen LogP contribution is -2.40. The number of hydrogen-bond acceptors (Lipinski definition) is 9. The number of ether oxygens (including phenoxy) is 2. The van der Waals surface area contributed by atoms with E-state index in [1.165, 1.54) is 50.8 Å². The molecule has 0 heterocycles. The van der Waals surface area contributed by atoms with Gasteiger partial charge in [0.25, 0.3) is 21.6 Å². The Balaban J connectivity index is 1.92. The van der Waals surface area contributed by atoms with Crippen molar-refractivity contribution in [2.75, 3.05) is 43.1 Å². The molecule has 0 aliphatic heterocycles. The Kier molecular flexibility index (Phi) is 10.0. The standard InChI is InChI=1S/C27H31N5O7S/c1-5-30(6-2)21-13-11-20(12-14-21)18-28-29-27(33)19-31(23-16-15-22(38-3)17-25(23)39-4)40(36,37)26-10-8-7-9-24(26)32(34)35/h7-18H,5-6,19H2,1-4H3,(H,29,33)/b28-18-. The molecule has 0 aliphatic rings. The second-order valence-corrected chi connectivity index (χ2v) is 10.2. The summed E-state index contributed by atoms with van der Waals surface area (Å²) in [6.45, 7) is 5.12. The van der Waals surface area contributed by atoms with E-state index < -0.39 is 38.0 Å². The minimum atomic E-state index is -4.62. The number of nitro groups is 1. The van der Waals surface area contributed by atoms with Gasteiger partial charge in [0, 0.05) is 30.9 Å². The van der Waals surface area contributed by atoms with Gasteiger partial charge >= 0.3 is 0 Å². The summed E-state index contributed by atoms with van der Waals surface area (Å²) in [6, 6.07) is 16.8. The van der Waals surface area contributed by atoms with Crippen LogP contribution >= 0.6 is 0 Å². The highest BCUT2D eigenvalue weighted by Gasteiger charge is 2.34. The highest BCUT2D eigenvalue weighted by molar-refractivity contribution is 7.93. The molecule has 3 aromatic carbocycles. The molecule has 1 amide bonds. The van der Waals surface area contributed by atoms with E-state index >= 15 is 0 Å². The molecule has 0 aliphatic carbocycles. The number of amides is 1. The number of nitrogens with zero attached hydrogens (tertiary/aromatic N) is 4. The number of hydrogen-bond donors (Lipinski definition) is 1. The van der Waals surface area contributed by atoms with Crippen molar-refractivity contribution in [3.05, 3.63) is 82.4 Å². The molecule has 212 valence electrons.